The van der Waals surface area contributed by atoms with Crippen LogP contribution in [0.15, 0.2) is 77.9 Å². The summed E-state index contributed by atoms with van der Waals surface area (Å²) in [5.41, 5.74) is 7.09. The summed E-state index contributed by atoms with van der Waals surface area (Å²) < 4.78 is 2.21. The Bertz CT molecular complexity index is 1250. The zero-order valence-electron chi connectivity index (χ0n) is 15.0. The van der Waals surface area contributed by atoms with Crippen molar-refractivity contribution in [1.82, 2.24) is 9.97 Å². The third-order valence-electron chi connectivity index (χ3n) is 4.30. The van der Waals surface area contributed by atoms with Gasteiger partial charge < -0.3 is 0 Å². The minimum atomic E-state index is 0.608. The van der Waals surface area contributed by atoms with E-state index in [1.807, 2.05) is 48.5 Å². The lowest BCUT2D eigenvalue weighted by Gasteiger charge is -2.03. The molecule has 2 heterocycles. The van der Waals surface area contributed by atoms with Gasteiger partial charge in [0.25, 0.3) is 0 Å². The number of fused-ring (bicyclic) bond motifs is 2. The number of hydrogen-bond donors (Lipinski definition) is 1. The molecule has 2 aromatic heterocycles. The van der Waals surface area contributed by atoms with E-state index in [0.717, 1.165) is 36.1 Å². The number of hydrogen-bond acceptors (Lipinski definition) is 7. The summed E-state index contributed by atoms with van der Waals surface area (Å²) >= 11 is 3.19. The van der Waals surface area contributed by atoms with E-state index in [2.05, 4.69) is 28.7 Å². The van der Waals surface area contributed by atoms with Gasteiger partial charge in [-0.25, -0.2) is 9.97 Å². The molecule has 5 rings (SSSR count). The van der Waals surface area contributed by atoms with E-state index in [0.29, 0.717) is 11.3 Å². The lowest BCUT2D eigenvalue weighted by Crippen LogP contribution is -2.06. The molecule has 0 atom stereocenters. The molecule has 0 aliphatic carbocycles. The first-order valence-electron chi connectivity index (χ1n) is 8.86. The van der Waals surface area contributed by atoms with Crippen LogP contribution in [0.3, 0.4) is 0 Å². The summed E-state index contributed by atoms with van der Waals surface area (Å²) in [5.74, 6) is 0. The van der Waals surface area contributed by atoms with Crippen LogP contribution in [0.5, 0.6) is 0 Å². The summed E-state index contributed by atoms with van der Waals surface area (Å²) in [6, 6.07) is 25.4. The molecule has 0 saturated heterocycles. The molecule has 0 amide bonds. The third kappa shape index (κ3) is 3.47. The Morgan fingerprint density at radius 1 is 0.793 bits per heavy atom. The first-order valence-corrected chi connectivity index (χ1v) is 10.5. The van der Waals surface area contributed by atoms with Gasteiger partial charge in [-0.15, -0.1) is 22.7 Å². The fourth-order valence-corrected chi connectivity index (χ4v) is 4.85. The number of nitrogens with one attached hydrogen (secondary N) is 1. The van der Waals surface area contributed by atoms with E-state index in [1.165, 1.54) is 0 Å². The lowest BCUT2D eigenvalue weighted by atomic mass is 10.2. The number of benzene rings is 3. The number of rotatable bonds is 4. The minimum Gasteiger partial charge on any atom is -0.278 e. The zero-order chi connectivity index (χ0) is 19.6. The molecular formula is C22H13N5S2. The second-order valence-electron chi connectivity index (χ2n) is 6.23. The van der Waals surface area contributed by atoms with Crippen molar-refractivity contribution in [3.8, 4) is 6.07 Å². The molecule has 0 radical (unpaired) electrons. The topological polar surface area (TPSA) is 74.0 Å². The van der Waals surface area contributed by atoms with Crippen molar-refractivity contribution < 1.29 is 0 Å². The van der Waals surface area contributed by atoms with Crippen molar-refractivity contribution in [2.24, 2.45) is 5.10 Å². The van der Waals surface area contributed by atoms with Crippen LogP contribution in [0, 0.1) is 11.3 Å². The van der Waals surface area contributed by atoms with Crippen LogP contribution in [-0.2, 0) is 0 Å². The quantitative estimate of drug-likeness (QED) is 0.307. The second-order valence-corrected chi connectivity index (χ2v) is 8.30. The number of aromatic nitrogens is 2. The number of nitrogens with zero attached hydrogens (tertiary/aromatic N) is 4. The zero-order valence-corrected chi connectivity index (χ0v) is 16.7. The highest BCUT2D eigenvalue weighted by Gasteiger charge is 2.17. The number of nitriles is 1. The summed E-state index contributed by atoms with van der Waals surface area (Å²) in [6.45, 7) is 0. The molecule has 5 nitrogen and oxygen atoms in total. The molecule has 0 fully saturated rings. The Balaban J connectivity index is 1.60. The van der Waals surface area contributed by atoms with Gasteiger partial charge in [0.15, 0.2) is 5.71 Å². The van der Waals surface area contributed by atoms with Gasteiger partial charge in [0.05, 0.1) is 37.8 Å². The van der Waals surface area contributed by atoms with E-state index in [-0.39, 0.29) is 0 Å². The third-order valence-corrected chi connectivity index (χ3v) is 6.39. The SMILES string of the molecule is N#Cc1ccc(NN=C(c2nc3ccccc3s2)c2nc3ccccc3s2)cc1. The molecule has 0 bridgehead atoms. The monoisotopic (exact) mass is 411 g/mol. The van der Waals surface area contributed by atoms with Gasteiger partial charge in [-0.3, -0.25) is 5.43 Å². The lowest BCUT2D eigenvalue weighted by molar-refractivity contribution is 1.30. The summed E-state index contributed by atoms with van der Waals surface area (Å²) in [7, 11) is 0. The molecule has 138 valence electrons. The Morgan fingerprint density at radius 3 is 1.86 bits per heavy atom. The molecule has 1 N–H and O–H groups in total. The molecule has 0 aliphatic heterocycles. The maximum atomic E-state index is 8.97. The van der Waals surface area contributed by atoms with E-state index in [9.17, 15) is 0 Å². The predicted octanol–water partition coefficient (Wildman–Crippen LogP) is 5.64. The fraction of sp³-hybridized carbons (Fsp3) is 0. The minimum absolute atomic E-state index is 0.608. The van der Waals surface area contributed by atoms with E-state index in [4.69, 9.17) is 15.2 Å². The average molecular weight is 412 g/mol. The normalized spacial score (nSPS) is 10.7. The van der Waals surface area contributed by atoms with Crippen molar-refractivity contribution in [1.29, 1.82) is 5.26 Å². The summed E-state index contributed by atoms with van der Waals surface area (Å²) in [6.07, 6.45) is 0. The maximum absolute atomic E-state index is 8.97. The largest absolute Gasteiger partial charge is 0.278 e. The molecule has 0 unspecified atom stereocenters. The van der Waals surface area contributed by atoms with Crippen LogP contribution in [0.25, 0.3) is 20.4 Å². The first-order chi connectivity index (χ1) is 14.3. The fourth-order valence-electron chi connectivity index (χ4n) is 2.87. The molecular weight excluding hydrogens is 398 g/mol. The first kappa shape index (κ1) is 17.5. The van der Waals surface area contributed by atoms with Crippen molar-refractivity contribution in [3.05, 3.63) is 88.4 Å². The van der Waals surface area contributed by atoms with Crippen LogP contribution < -0.4 is 5.43 Å². The summed E-state index contributed by atoms with van der Waals surface area (Å²) in [5, 5.41) is 15.3. The van der Waals surface area contributed by atoms with E-state index < -0.39 is 0 Å². The maximum Gasteiger partial charge on any atom is 0.155 e. The molecule has 0 spiro atoms. The van der Waals surface area contributed by atoms with Gasteiger partial charge in [0, 0.05) is 0 Å². The molecule has 3 aromatic carbocycles. The van der Waals surface area contributed by atoms with Gasteiger partial charge in [-0.1, -0.05) is 24.3 Å². The van der Waals surface area contributed by atoms with Gasteiger partial charge in [-0.2, -0.15) is 10.4 Å². The summed E-state index contributed by atoms with van der Waals surface area (Å²) in [4.78, 5) is 9.54. The van der Waals surface area contributed by atoms with Crippen LogP contribution in [0.2, 0.25) is 0 Å². The second kappa shape index (κ2) is 7.43. The highest BCUT2D eigenvalue weighted by molar-refractivity contribution is 7.23. The Labute approximate surface area is 174 Å². The predicted molar refractivity (Wildman–Crippen MR) is 120 cm³/mol. The van der Waals surface area contributed by atoms with Gasteiger partial charge in [0.2, 0.25) is 0 Å². The van der Waals surface area contributed by atoms with Crippen LogP contribution in [0.4, 0.5) is 5.69 Å². The number of anilines is 1. The number of thiazole rings is 2. The van der Waals surface area contributed by atoms with E-state index >= 15 is 0 Å². The smallest absolute Gasteiger partial charge is 0.155 e. The van der Waals surface area contributed by atoms with Crippen LogP contribution >= 0.6 is 22.7 Å². The van der Waals surface area contributed by atoms with Crippen LogP contribution in [-0.4, -0.2) is 15.7 Å². The molecule has 5 aromatic rings. The molecule has 0 saturated carbocycles. The van der Waals surface area contributed by atoms with Gasteiger partial charge in [0.1, 0.15) is 10.0 Å². The number of para-hydroxylation sites is 2. The highest BCUT2D eigenvalue weighted by atomic mass is 32.1. The molecule has 0 aliphatic rings. The van der Waals surface area contributed by atoms with E-state index in [1.54, 1.807) is 34.8 Å². The van der Waals surface area contributed by atoms with Gasteiger partial charge >= 0.3 is 0 Å². The average Bonchev–Trinajstić information content (AvgIpc) is 3.38. The molecule has 29 heavy (non-hydrogen) atoms. The number of hydrazone groups is 1. The van der Waals surface area contributed by atoms with Gasteiger partial charge in [-0.05, 0) is 48.5 Å². The molecule has 7 heteroatoms. The van der Waals surface area contributed by atoms with Crippen molar-refractivity contribution in [2.75, 3.05) is 5.43 Å². The standard InChI is InChI=1S/C22H13N5S2/c23-13-14-9-11-15(12-10-14)26-27-20(21-24-16-5-1-3-7-18(16)28-21)22-25-17-6-2-4-8-19(17)29-22/h1-12,26H. The van der Waals surface area contributed by atoms with Crippen molar-refractivity contribution in [2.45, 2.75) is 0 Å². The Morgan fingerprint density at radius 2 is 1.34 bits per heavy atom. The van der Waals surface area contributed by atoms with Crippen molar-refractivity contribution >= 4 is 54.5 Å². The highest BCUT2D eigenvalue weighted by Crippen LogP contribution is 2.28. The van der Waals surface area contributed by atoms with Crippen LogP contribution in [0.1, 0.15) is 15.6 Å². The Kier molecular flexibility index (Phi) is 4.48. The van der Waals surface area contributed by atoms with Crippen molar-refractivity contribution in [3.63, 3.8) is 0 Å². The Hall–Kier alpha value is -3.60.